The quantitative estimate of drug-likeness (QED) is 0.825. The van der Waals surface area contributed by atoms with Crippen LogP contribution in [-0.2, 0) is 13.1 Å². The van der Waals surface area contributed by atoms with Crippen LogP contribution in [0.5, 0.6) is 0 Å². The van der Waals surface area contributed by atoms with Crippen molar-refractivity contribution in [3.05, 3.63) is 29.9 Å². The third-order valence-corrected chi connectivity index (χ3v) is 4.42. The predicted octanol–water partition coefficient (Wildman–Crippen LogP) is 1.54. The molecule has 0 spiro atoms. The van der Waals surface area contributed by atoms with E-state index in [9.17, 15) is 4.79 Å². The van der Waals surface area contributed by atoms with Gasteiger partial charge in [-0.3, -0.25) is 9.69 Å². The predicted molar refractivity (Wildman–Crippen MR) is 87.2 cm³/mol. The van der Waals surface area contributed by atoms with Crippen LogP contribution in [0.15, 0.2) is 16.9 Å². The number of imidazole rings is 1. The van der Waals surface area contributed by atoms with E-state index in [2.05, 4.69) is 37.7 Å². The molecule has 0 aliphatic carbocycles. The molecule has 2 aromatic rings. The molecule has 0 unspecified atom stereocenters. The lowest BCUT2D eigenvalue weighted by Crippen LogP contribution is -2.35. The van der Waals surface area contributed by atoms with Crippen molar-refractivity contribution in [2.75, 3.05) is 13.1 Å². The molecule has 8 heteroatoms. The number of hydrogen-bond acceptors (Lipinski definition) is 6. The van der Waals surface area contributed by atoms with E-state index >= 15 is 0 Å². The van der Waals surface area contributed by atoms with Crippen molar-refractivity contribution in [3.8, 4) is 0 Å². The van der Waals surface area contributed by atoms with E-state index in [0.29, 0.717) is 18.4 Å². The Balaban J connectivity index is 1.63. The molecule has 130 valence electrons. The highest BCUT2D eigenvalue weighted by Crippen LogP contribution is 2.26. The number of carbonyl (C=O) groups is 1. The van der Waals surface area contributed by atoms with E-state index in [1.807, 2.05) is 6.20 Å². The average molecular weight is 332 g/mol. The number of unbranched alkanes of at least 4 members (excludes halogenated alkanes) is 1. The van der Waals surface area contributed by atoms with E-state index in [1.165, 1.54) is 6.42 Å². The van der Waals surface area contributed by atoms with Crippen LogP contribution >= 0.6 is 0 Å². The SMILES string of the molecule is CCCCn1ccnc1[C@H]1CCCN(Cc2nc(C(N)=O)no2)C1. The van der Waals surface area contributed by atoms with Crippen LogP contribution in [0.25, 0.3) is 0 Å². The first-order valence-corrected chi connectivity index (χ1v) is 8.53. The summed E-state index contributed by atoms with van der Waals surface area (Å²) in [5.74, 6) is 1.27. The van der Waals surface area contributed by atoms with Gasteiger partial charge in [0.15, 0.2) is 0 Å². The number of aromatic nitrogens is 4. The molecule has 0 saturated carbocycles. The number of nitrogens with zero attached hydrogens (tertiary/aromatic N) is 5. The van der Waals surface area contributed by atoms with Crippen molar-refractivity contribution in [2.45, 2.75) is 51.6 Å². The smallest absolute Gasteiger partial charge is 0.290 e. The number of hydrogen-bond donors (Lipinski definition) is 1. The third kappa shape index (κ3) is 3.81. The van der Waals surface area contributed by atoms with Crippen molar-refractivity contribution in [1.82, 2.24) is 24.6 Å². The summed E-state index contributed by atoms with van der Waals surface area (Å²) in [6.45, 7) is 5.63. The fourth-order valence-electron chi connectivity index (χ4n) is 3.22. The number of nitrogens with two attached hydrogens (primary N) is 1. The summed E-state index contributed by atoms with van der Waals surface area (Å²) >= 11 is 0. The average Bonchev–Trinajstić information content (AvgIpc) is 3.22. The minimum absolute atomic E-state index is 0.0614. The molecule has 8 nitrogen and oxygen atoms in total. The monoisotopic (exact) mass is 332 g/mol. The van der Waals surface area contributed by atoms with Crippen molar-refractivity contribution >= 4 is 5.91 Å². The summed E-state index contributed by atoms with van der Waals surface area (Å²) in [7, 11) is 0. The lowest BCUT2D eigenvalue weighted by atomic mass is 9.97. The van der Waals surface area contributed by atoms with E-state index in [4.69, 9.17) is 10.3 Å². The van der Waals surface area contributed by atoms with E-state index in [1.54, 1.807) is 0 Å². The first kappa shape index (κ1) is 16.6. The van der Waals surface area contributed by atoms with E-state index in [0.717, 1.165) is 44.7 Å². The Morgan fingerprint density at radius 2 is 2.38 bits per heavy atom. The van der Waals surface area contributed by atoms with Gasteiger partial charge in [0.2, 0.25) is 5.89 Å². The maximum absolute atomic E-state index is 11.1. The van der Waals surface area contributed by atoms with E-state index in [-0.39, 0.29) is 5.82 Å². The van der Waals surface area contributed by atoms with Gasteiger partial charge in [0.1, 0.15) is 5.82 Å². The summed E-state index contributed by atoms with van der Waals surface area (Å²) in [5.41, 5.74) is 5.15. The van der Waals surface area contributed by atoms with Crippen LogP contribution in [0.2, 0.25) is 0 Å². The zero-order chi connectivity index (χ0) is 16.9. The first-order valence-electron chi connectivity index (χ1n) is 8.53. The van der Waals surface area contributed by atoms with Crippen LogP contribution in [0.3, 0.4) is 0 Å². The molecule has 0 radical (unpaired) electrons. The summed E-state index contributed by atoms with van der Waals surface area (Å²) in [4.78, 5) is 21.9. The molecule has 2 aromatic heterocycles. The summed E-state index contributed by atoms with van der Waals surface area (Å²) in [6, 6.07) is 0. The molecule has 1 atom stereocenters. The molecule has 1 fully saturated rings. The van der Waals surface area contributed by atoms with Crippen LogP contribution in [0, 0.1) is 0 Å². The van der Waals surface area contributed by atoms with Gasteiger partial charge in [0.25, 0.3) is 11.7 Å². The van der Waals surface area contributed by atoms with Crippen molar-refractivity contribution < 1.29 is 9.32 Å². The second-order valence-electron chi connectivity index (χ2n) is 6.28. The normalized spacial score (nSPS) is 18.8. The van der Waals surface area contributed by atoms with Gasteiger partial charge < -0.3 is 14.8 Å². The largest absolute Gasteiger partial charge is 0.363 e. The minimum Gasteiger partial charge on any atom is -0.363 e. The zero-order valence-corrected chi connectivity index (χ0v) is 14.0. The number of amides is 1. The van der Waals surface area contributed by atoms with Gasteiger partial charge in [-0.25, -0.2) is 4.98 Å². The molecule has 24 heavy (non-hydrogen) atoms. The van der Waals surface area contributed by atoms with Crippen LogP contribution in [0.4, 0.5) is 0 Å². The number of likely N-dealkylation sites (tertiary alicyclic amines) is 1. The standard InChI is InChI=1S/C16H24N6O2/c1-2-3-8-22-9-6-18-16(22)12-5-4-7-21(10-12)11-13-19-15(14(17)23)20-24-13/h6,9,12H,2-5,7-8,10-11H2,1H3,(H2,17,23)/t12-/m0/s1. The lowest BCUT2D eigenvalue weighted by molar-refractivity contribution is 0.0987. The molecule has 0 bridgehead atoms. The minimum atomic E-state index is -0.667. The van der Waals surface area contributed by atoms with Gasteiger partial charge in [-0.05, 0) is 25.8 Å². The maximum atomic E-state index is 11.1. The number of carbonyl (C=O) groups excluding carboxylic acids is 1. The third-order valence-electron chi connectivity index (χ3n) is 4.42. The summed E-state index contributed by atoms with van der Waals surface area (Å²) in [5, 5.41) is 3.59. The van der Waals surface area contributed by atoms with Crippen molar-refractivity contribution in [3.63, 3.8) is 0 Å². The Morgan fingerprint density at radius 3 is 3.12 bits per heavy atom. The molecule has 1 aliphatic rings. The summed E-state index contributed by atoms with van der Waals surface area (Å²) in [6.07, 6.45) is 8.53. The second kappa shape index (κ2) is 7.57. The van der Waals surface area contributed by atoms with Gasteiger partial charge in [-0.1, -0.05) is 18.5 Å². The maximum Gasteiger partial charge on any atom is 0.290 e. The zero-order valence-electron chi connectivity index (χ0n) is 14.0. The highest BCUT2D eigenvalue weighted by molar-refractivity contribution is 5.88. The van der Waals surface area contributed by atoms with Crippen LogP contribution in [0.1, 0.15) is 60.9 Å². The Bertz CT molecular complexity index is 680. The Labute approximate surface area is 141 Å². The molecular formula is C16H24N6O2. The second-order valence-corrected chi connectivity index (χ2v) is 6.28. The fraction of sp³-hybridized carbons (Fsp3) is 0.625. The van der Waals surface area contributed by atoms with Gasteiger partial charge in [-0.2, -0.15) is 4.98 Å². The van der Waals surface area contributed by atoms with Gasteiger partial charge in [0, 0.05) is 31.4 Å². The van der Waals surface area contributed by atoms with Crippen molar-refractivity contribution in [2.24, 2.45) is 5.73 Å². The Morgan fingerprint density at radius 1 is 1.50 bits per heavy atom. The van der Waals surface area contributed by atoms with Crippen LogP contribution in [-0.4, -0.2) is 43.6 Å². The lowest BCUT2D eigenvalue weighted by Gasteiger charge is -2.31. The molecule has 1 amide bonds. The fourth-order valence-corrected chi connectivity index (χ4v) is 3.22. The molecule has 1 saturated heterocycles. The molecule has 3 heterocycles. The number of primary amides is 1. The van der Waals surface area contributed by atoms with Crippen LogP contribution < -0.4 is 5.73 Å². The number of rotatable bonds is 7. The topological polar surface area (TPSA) is 103 Å². The Hall–Kier alpha value is -2.22. The number of piperidine rings is 1. The molecule has 1 aliphatic heterocycles. The summed E-state index contributed by atoms with van der Waals surface area (Å²) < 4.78 is 7.38. The molecular weight excluding hydrogens is 308 g/mol. The highest BCUT2D eigenvalue weighted by Gasteiger charge is 2.26. The van der Waals surface area contributed by atoms with Gasteiger partial charge in [0.05, 0.1) is 6.54 Å². The number of aryl methyl sites for hydroxylation is 1. The molecule has 3 rings (SSSR count). The molecule has 0 aromatic carbocycles. The van der Waals surface area contributed by atoms with Gasteiger partial charge in [-0.15, -0.1) is 0 Å². The highest BCUT2D eigenvalue weighted by atomic mass is 16.5. The first-order chi connectivity index (χ1) is 11.7. The van der Waals surface area contributed by atoms with E-state index < -0.39 is 5.91 Å². The molecule has 2 N–H and O–H groups in total. The van der Waals surface area contributed by atoms with Crippen molar-refractivity contribution in [1.29, 1.82) is 0 Å². The van der Waals surface area contributed by atoms with Gasteiger partial charge >= 0.3 is 0 Å². The Kier molecular flexibility index (Phi) is 5.24.